The lowest BCUT2D eigenvalue weighted by molar-refractivity contribution is -0.183. The van der Waals surface area contributed by atoms with E-state index < -0.39 is 0 Å². The number of rotatable bonds is 3. The third kappa shape index (κ3) is 4.82. The Morgan fingerprint density at radius 1 is 1.11 bits per heavy atom. The van der Waals surface area contributed by atoms with Crippen molar-refractivity contribution in [3.63, 3.8) is 0 Å². The van der Waals surface area contributed by atoms with Gasteiger partial charge >= 0.3 is 0 Å². The lowest BCUT2D eigenvalue weighted by Crippen LogP contribution is -2.58. The van der Waals surface area contributed by atoms with E-state index >= 15 is 0 Å². The first-order valence-corrected chi connectivity index (χ1v) is 8.06. The topological polar surface area (TPSA) is 12.5 Å². The number of hydrogen-bond donors (Lipinski definition) is 0. The molecule has 1 heterocycles. The van der Waals surface area contributed by atoms with Gasteiger partial charge in [-0.2, -0.15) is 0 Å². The molecule has 1 saturated heterocycles. The molecule has 0 bridgehead atoms. The van der Waals surface area contributed by atoms with Crippen LogP contribution in [0.2, 0.25) is 0 Å². The van der Waals surface area contributed by atoms with Crippen molar-refractivity contribution in [2.75, 3.05) is 25.0 Å². The Balaban J connectivity index is 2.72. The molecule has 0 N–H and O–H groups in total. The number of morpholine rings is 1. The first-order valence-electron chi connectivity index (χ1n) is 6.94. The molecular formula is C15H30BrNO. The monoisotopic (exact) mass is 319 g/mol. The van der Waals surface area contributed by atoms with Gasteiger partial charge in [0.15, 0.2) is 0 Å². The highest BCUT2D eigenvalue weighted by Gasteiger charge is 2.39. The van der Waals surface area contributed by atoms with Crippen molar-refractivity contribution in [2.24, 2.45) is 11.3 Å². The normalized spacial score (nSPS) is 26.0. The van der Waals surface area contributed by atoms with Crippen molar-refractivity contribution < 1.29 is 4.74 Å². The number of halogens is 1. The molecule has 18 heavy (non-hydrogen) atoms. The first-order chi connectivity index (χ1) is 7.95. The molecule has 1 fully saturated rings. The van der Waals surface area contributed by atoms with E-state index in [0.29, 0.717) is 11.3 Å². The molecule has 3 heteroatoms. The van der Waals surface area contributed by atoms with Gasteiger partial charge in [-0.25, -0.2) is 0 Å². The minimum Gasteiger partial charge on any atom is -0.367 e. The minimum atomic E-state index is -0.0451. The molecule has 1 rings (SSSR count). The van der Waals surface area contributed by atoms with Crippen LogP contribution in [-0.4, -0.2) is 41.1 Å². The van der Waals surface area contributed by atoms with Crippen LogP contribution in [0.25, 0.3) is 0 Å². The summed E-state index contributed by atoms with van der Waals surface area (Å²) >= 11 is 3.68. The summed E-state index contributed by atoms with van der Waals surface area (Å²) < 4.78 is 6.14. The van der Waals surface area contributed by atoms with Gasteiger partial charge in [-0.3, -0.25) is 4.90 Å². The van der Waals surface area contributed by atoms with E-state index in [4.69, 9.17) is 4.74 Å². The number of hydrogen-bond acceptors (Lipinski definition) is 2. The highest BCUT2D eigenvalue weighted by Crippen LogP contribution is 2.32. The Labute approximate surface area is 122 Å². The van der Waals surface area contributed by atoms with Crippen LogP contribution in [0.15, 0.2) is 0 Å². The summed E-state index contributed by atoms with van der Waals surface area (Å²) in [5.41, 5.74) is 0.253. The predicted molar refractivity (Wildman–Crippen MR) is 82.4 cm³/mol. The molecule has 1 unspecified atom stereocenters. The van der Waals surface area contributed by atoms with Crippen molar-refractivity contribution in [2.45, 2.75) is 59.7 Å². The Kier molecular flexibility index (Phi) is 4.95. The zero-order valence-corrected chi connectivity index (χ0v) is 14.7. The largest absolute Gasteiger partial charge is 0.367 e. The maximum Gasteiger partial charge on any atom is 0.0760 e. The zero-order valence-electron chi connectivity index (χ0n) is 13.1. The molecule has 108 valence electrons. The molecule has 2 nitrogen and oxygen atoms in total. The van der Waals surface area contributed by atoms with E-state index in [1.54, 1.807) is 0 Å². The number of nitrogens with zero attached hydrogens (tertiary/aromatic N) is 1. The molecule has 0 radical (unpaired) electrons. The van der Waals surface area contributed by atoms with Crippen molar-refractivity contribution in [3.8, 4) is 0 Å². The van der Waals surface area contributed by atoms with Crippen molar-refractivity contribution in [1.82, 2.24) is 4.90 Å². The second-order valence-corrected chi connectivity index (χ2v) is 8.66. The van der Waals surface area contributed by atoms with Crippen LogP contribution < -0.4 is 0 Å². The van der Waals surface area contributed by atoms with Gasteiger partial charge in [-0.1, -0.05) is 36.7 Å². The van der Waals surface area contributed by atoms with Crippen molar-refractivity contribution >= 4 is 15.9 Å². The Bertz CT molecular complexity index is 265. The van der Waals surface area contributed by atoms with Gasteiger partial charge in [-0.15, -0.1) is 0 Å². The van der Waals surface area contributed by atoms with Gasteiger partial charge in [0.05, 0.1) is 11.2 Å². The van der Waals surface area contributed by atoms with E-state index in [1.807, 2.05) is 0 Å². The zero-order chi connectivity index (χ0) is 14.2. The van der Waals surface area contributed by atoms with Crippen LogP contribution in [0.5, 0.6) is 0 Å². The molecule has 0 aliphatic carbocycles. The van der Waals surface area contributed by atoms with Crippen LogP contribution in [0.3, 0.4) is 0 Å². The highest BCUT2D eigenvalue weighted by atomic mass is 79.9. The summed E-state index contributed by atoms with van der Waals surface area (Å²) in [6.45, 7) is 19.0. The fourth-order valence-corrected chi connectivity index (χ4v) is 4.12. The van der Waals surface area contributed by atoms with Crippen LogP contribution in [-0.2, 0) is 4.74 Å². The van der Waals surface area contributed by atoms with E-state index in [-0.39, 0.29) is 11.2 Å². The van der Waals surface area contributed by atoms with Gasteiger partial charge < -0.3 is 4.74 Å². The average molecular weight is 320 g/mol. The van der Waals surface area contributed by atoms with Crippen LogP contribution in [0, 0.1) is 11.3 Å². The van der Waals surface area contributed by atoms with Gasteiger partial charge in [0, 0.05) is 25.0 Å². The first kappa shape index (κ1) is 16.5. The van der Waals surface area contributed by atoms with Crippen LogP contribution in [0.4, 0.5) is 0 Å². The molecule has 0 amide bonds. The lowest BCUT2D eigenvalue weighted by Gasteiger charge is -2.48. The maximum atomic E-state index is 6.14. The summed E-state index contributed by atoms with van der Waals surface area (Å²) in [5.74, 6) is 0.669. The third-order valence-corrected chi connectivity index (χ3v) is 4.43. The Morgan fingerprint density at radius 3 is 1.89 bits per heavy atom. The standard InChI is InChI=1S/C15H30BrNO/c1-13(2,3)12(8-16)9-17-10-14(4,5)18-15(6,7)11-17/h12H,8-11H2,1-7H3. The van der Waals surface area contributed by atoms with Gasteiger partial charge in [0.2, 0.25) is 0 Å². The average Bonchev–Trinajstić information content (AvgIpc) is 2.06. The maximum absolute atomic E-state index is 6.14. The van der Waals surface area contributed by atoms with Gasteiger partial charge in [0.25, 0.3) is 0 Å². The molecule has 1 aliphatic rings. The van der Waals surface area contributed by atoms with E-state index in [2.05, 4.69) is 69.3 Å². The summed E-state index contributed by atoms with van der Waals surface area (Å²) in [6.07, 6.45) is 0. The number of alkyl halides is 1. The highest BCUT2D eigenvalue weighted by molar-refractivity contribution is 9.09. The lowest BCUT2D eigenvalue weighted by atomic mass is 9.81. The Hall–Kier alpha value is 0.400. The van der Waals surface area contributed by atoms with E-state index in [1.165, 1.54) is 0 Å². The molecule has 0 aromatic carbocycles. The summed E-state index contributed by atoms with van der Waals surface area (Å²) in [6, 6.07) is 0. The van der Waals surface area contributed by atoms with Crippen molar-refractivity contribution in [1.29, 1.82) is 0 Å². The van der Waals surface area contributed by atoms with Crippen molar-refractivity contribution in [3.05, 3.63) is 0 Å². The van der Waals surface area contributed by atoms with E-state index in [9.17, 15) is 0 Å². The van der Waals surface area contributed by atoms with Crippen LogP contribution in [0.1, 0.15) is 48.5 Å². The van der Waals surface area contributed by atoms with E-state index in [0.717, 1.165) is 25.0 Å². The second-order valence-electron chi connectivity index (χ2n) is 8.01. The third-order valence-electron chi connectivity index (χ3n) is 3.65. The quantitative estimate of drug-likeness (QED) is 0.731. The summed E-state index contributed by atoms with van der Waals surface area (Å²) in [5, 5.41) is 1.06. The molecule has 0 aromatic rings. The molecule has 1 aliphatic heterocycles. The predicted octanol–water partition coefficient (Wildman–Crippen LogP) is 3.93. The SMILES string of the molecule is CC1(C)CN(CC(CBr)C(C)(C)C)CC(C)(C)O1. The van der Waals surface area contributed by atoms with Crippen LogP contribution >= 0.6 is 15.9 Å². The van der Waals surface area contributed by atoms with Gasteiger partial charge in [0.1, 0.15) is 0 Å². The molecular weight excluding hydrogens is 290 g/mol. The summed E-state index contributed by atoms with van der Waals surface area (Å²) in [4.78, 5) is 2.57. The fourth-order valence-electron chi connectivity index (χ4n) is 2.94. The summed E-state index contributed by atoms with van der Waals surface area (Å²) in [7, 11) is 0. The minimum absolute atomic E-state index is 0.0451. The molecule has 0 aromatic heterocycles. The molecule has 0 saturated carbocycles. The smallest absolute Gasteiger partial charge is 0.0760 e. The number of ether oxygens (including phenoxy) is 1. The molecule has 1 atom stereocenters. The second kappa shape index (κ2) is 5.41. The molecule has 0 spiro atoms. The fraction of sp³-hybridized carbons (Fsp3) is 1.00. The van der Waals surface area contributed by atoms with Gasteiger partial charge in [-0.05, 0) is 39.0 Å². The Morgan fingerprint density at radius 2 is 1.56 bits per heavy atom.